The number of aliphatic imine (C=N–C) groups is 1. The molecule has 6 nitrogen and oxygen atoms in total. The third-order valence-corrected chi connectivity index (χ3v) is 4.04. The van der Waals surface area contributed by atoms with E-state index in [0.717, 1.165) is 11.1 Å². The Balaban J connectivity index is 2.53. The zero-order valence-corrected chi connectivity index (χ0v) is 15.1. The summed E-state index contributed by atoms with van der Waals surface area (Å²) in [6.45, 7) is 2.95. The maximum atomic E-state index is 12.3. The number of carbonyl (C=O) groups excluding carboxylic acids is 1. The zero-order chi connectivity index (χ0) is 19.2. The van der Waals surface area contributed by atoms with E-state index in [4.69, 9.17) is 4.74 Å². The van der Waals surface area contributed by atoms with Gasteiger partial charge >= 0.3 is 5.97 Å². The van der Waals surface area contributed by atoms with Gasteiger partial charge in [-0.1, -0.05) is 60.7 Å². The highest BCUT2D eigenvalue weighted by Gasteiger charge is 2.37. The molecule has 6 heteroatoms. The Kier molecular flexibility index (Phi) is 6.22. The van der Waals surface area contributed by atoms with Crippen molar-refractivity contribution in [3.8, 4) is 0 Å². The molecule has 0 amide bonds. The van der Waals surface area contributed by atoms with Gasteiger partial charge in [0, 0.05) is 29.9 Å². The molecule has 0 heterocycles. The molecule has 0 aromatic heterocycles. The van der Waals surface area contributed by atoms with Crippen molar-refractivity contribution < 1.29 is 14.5 Å². The number of esters is 1. The topological polar surface area (TPSA) is 81.8 Å². The molecule has 0 saturated carbocycles. The van der Waals surface area contributed by atoms with Gasteiger partial charge in [-0.3, -0.25) is 15.1 Å². The van der Waals surface area contributed by atoms with E-state index >= 15 is 0 Å². The second-order valence-corrected chi connectivity index (χ2v) is 6.52. The number of rotatable bonds is 7. The number of hydrogen-bond donors (Lipinski definition) is 0. The highest BCUT2D eigenvalue weighted by Crippen LogP contribution is 2.21. The lowest BCUT2D eigenvalue weighted by Gasteiger charge is -2.20. The normalized spacial score (nSPS) is 12.1. The fraction of sp³-hybridized carbons (Fsp3) is 0.300. The van der Waals surface area contributed by atoms with Crippen molar-refractivity contribution in [1.29, 1.82) is 0 Å². The zero-order valence-electron chi connectivity index (χ0n) is 15.1. The lowest BCUT2D eigenvalue weighted by molar-refractivity contribution is -0.561. The minimum Gasteiger partial charge on any atom is -0.467 e. The fourth-order valence-electron chi connectivity index (χ4n) is 2.53. The predicted octanol–water partition coefficient (Wildman–Crippen LogP) is 3.51. The molecule has 0 aliphatic rings. The van der Waals surface area contributed by atoms with Gasteiger partial charge in [0.1, 0.15) is 0 Å². The highest BCUT2D eigenvalue weighted by molar-refractivity contribution is 6.13. The molecule has 0 radical (unpaired) electrons. The monoisotopic (exact) mass is 354 g/mol. The lowest BCUT2D eigenvalue weighted by atomic mass is 9.95. The standard InChI is InChI=1S/C20H22N2O4/c1-20(2,22(24)25)14-17(19(23)26-3)21-18(15-10-6-4-7-11-15)16-12-8-5-9-13-16/h4-13,17H,14H2,1-3H3. The first-order valence-corrected chi connectivity index (χ1v) is 8.26. The van der Waals surface area contributed by atoms with E-state index in [9.17, 15) is 14.9 Å². The van der Waals surface area contributed by atoms with Crippen molar-refractivity contribution in [3.05, 3.63) is 81.9 Å². The SMILES string of the molecule is COC(=O)C(CC(C)(C)[N+](=O)[O-])N=C(c1ccccc1)c1ccccc1. The summed E-state index contributed by atoms with van der Waals surface area (Å²) in [5, 5.41) is 11.3. The molecule has 136 valence electrons. The van der Waals surface area contributed by atoms with Crippen molar-refractivity contribution in [2.75, 3.05) is 7.11 Å². The molecule has 0 bridgehead atoms. The summed E-state index contributed by atoms with van der Waals surface area (Å²) in [6.07, 6.45) is -0.0597. The van der Waals surface area contributed by atoms with Gasteiger partial charge in [0.2, 0.25) is 5.54 Å². The average Bonchev–Trinajstić information content (AvgIpc) is 2.65. The second-order valence-electron chi connectivity index (χ2n) is 6.52. The molecule has 0 N–H and O–H groups in total. The maximum absolute atomic E-state index is 12.3. The van der Waals surface area contributed by atoms with E-state index in [1.165, 1.54) is 21.0 Å². The Morgan fingerprint density at radius 3 is 1.92 bits per heavy atom. The van der Waals surface area contributed by atoms with E-state index in [1.807, 2.05) is 60.7 Å². The van der Waals surface area contributed by atoms with Crippen LogP contribution in [0.1, 0.15) is 31.4 Å². The Morgan fingerprint density at radius 2 is 1.54 bits per heavy atom. The van der Waals surface area contributed by atoms with Crippen LogP contribution in [0.25, 0.3) is 0 Å². The Morgan fingerprint density at radius 1 is 1.08 bits per heavy atom. The smallest absolute Gasteiger partial charge is 0.330 e. The summed E-state index contributed by atoms with van der Waals surface area (Å²) in [7, 11) is 1.26. The predicted molar refractivity (Wildman–Crippen MR) is 100 cm³/mol. The number of benzene rings is 2. The molecule has 0 aliphatic heterocycles. The first-order chi connectivity index (χ1) is 12.3. The van der Waals surface area contributed by atoms with Crippen LogP contribution >= 0.6 is 0 Å². The fourth-order valence-corrected chi connectivity index (χ4v) is 2.53. The van der Waals surface area contributed by atoms with E-state index in [-0.39, 0.29) is 6.42 Å². The summed E-state index contributed by atoms with van der Waals surface area (Å²) < 4.78 is 4.84. The molecule has 26 heavy (non-hydrogen) atoms. The molecule has 1 atom stereocenters. The van der Waals surface area contributed by atoms with Gasteiger partial charge in [-0.15, -0.1) is 0 Å². The van der Waals surface area contributed by atoms with Crippen LogP contribution in [-0.4, -0.2) is 35.3 Å². The molecule has 0 fully saturated rings. The Bertz CT molecular complexity index is 744. The van der Waals surface area contributed by atoms with Gasteiger partial charge < -0.3 is 4.74 Å². The minimum atomic E-state index is -1.30. The summed E-state index contributed by atoms with van der Waals surface area (Å²) in [5.74, 6) is -0.593. The van der Waals surface area contributed by atoms with Crippen molar-refractivity contribution in [1.82, 2.24) is 0 Å². The molecule has 2 rings (SSSR count). The van der Waals surface area contributed by atoms with Crippen LogP contribution < -0.4 is 0 Å². The van der Waals surface area contributed by atoms with E-state index in [2.05, 4.69) is 4.99 Å². The van der Waals surface area contributed by atoms with Crippen LogP contribution in [0.3, 0.4) is 0 Å². The number of hydrogen-bond acceptors (Lipinski definition) is 5. The number of methoxy groups -OCH3 is 1. The number of nitro groups is 1. The number of carbonyl (C=O) groups is 1. The molecular weight excluding hydrogens is 332 g/mol. The molecule has 2 aromatic rings. The van der Waals surface area contributed by atoms with Crippen LogP contribution in [0.5, 0.6) is 0 Å². The van der Waals surface area contributed by atoms with Crippen LogP contribution in [0.15, 0.2) is 65.7 Å². The third-order valence-electron chi connectivity index (χ3n) is 4.04. The average molecular weight is 354 g/mol. The minimum absolute atomic E-state index is 0.0597. The molecule has 0 aliphatic carbocycles. The van der Waals surface area contributed by atoms with Crippen molar-refractivity contribution in [2.24, 2.45) is 4.99 Å². The van der Waals surface area contributed by atoms with Gasteiger partial charge in [-0.05, 0) is 0 Å². The van der Waals surface area contributed by atoms with Crippen LogP contribution in [0.4, 0.5) is 0 Å². The lowest BCUT2D eigenvalue weighted by Crippen LogP contribution is -2.38. The summed E-state index contributed by atoms with van der Waals surface area (Å²) >= 11 is 0. The van der Waals surface area contributed by atoms with Crippen LogP contribution in [-0.2, 0) is 9.53 Å². The van der Waals surface area contributed by atoms with Gasteiger partial charge in [-0.25, -0.2) is 4.79 Å². The van der Waals surface area contributed by atoms with Crippen molar-refractivity contribution in [3.63, 3.8) is 0 Å². The highest BCUT2D eigenvalue weighted by atomic mass is 16.6. The number of nitrogens with zero attached hydrogens (tertiary/aromatic N) is 2. The summed E-state index contributed by atoms with van der Waals surface area (Å²) in [6, 6.07) is 17.9. The van der Waals surface area contributed by atoms with Gasteiger partial charge in [-0.2, -0.15) is 0 Å². The first-order valence-electron chi connectivity index (χ1n) is 8.26. The van der Waals surface area contributed by atoms with E-state index in [0.29, 0.717) is 5.71 Å². The van der Waals surface area contributed by atoms with Crippen molar-refractivity contribution in [2.45, 2.75) is 31.8 Å². The molecule has 1 unspecified atom stereocenters. The Labute approximate surface area is 152 Å². The molecular formula is C20H22N2O4. The molecule has 2 aromatic carbocycles. The van der Waals surface area contributed by atoms with Gasteiger partial charge in [0.15, 0.2) is 6.04 Å². The molecule has 0 saturated heterocycles. The summed E-state index contributed by atoms with van der Waals surface area (Å²) in [4.78, 5) is 27.7. The van der Waals surface area contributed by atoms with E-state index in [1.54, 1.807) is 0 Å². The maximum Gasteiger partial charge on any atom is 0.330 e. The quantitative estimate of drug-likeness (QED) is 0.330. The molecule has 0 spiro atoms. The van der Waals surface area contributed by atoms with Gasteiger partial charge in [0.25, 0.3) is 0 Å². The number of ether oxygens (including phenoxy) is 1. The second kappa shape index (κ2) is 8.38. The van der Waals surface area contributed by atoms with E-state index < -0.39 is 22.5 Å². The first kappa shape index (κ1) is 19.3. The van der Waals surface area contributed by atoms with Crippen LogP contribution in [0.2, 0.25) is 0 Å². The van der Waals surface area contributed by atoms with Crippen molar-refractivity contribution >= 4 is 11.7 Å². The largest absolute Gasteiger partial charge is 0.467 e. The van der Waals surface area contributed by atoms with Crippen LogP contribution in [0, 0.1) is 10.1 Å². The van der Waals surface area contributed by atoms with Gasteiger partial charge in [0.05, 0.1) is 19.2 Å². The Hall–Kier alpha value is -3.02. The third kappa shape index (κ3) is 4.75. The summed E-state index contributed by atoms with van der Waals surface area (Å²) in [5.41, 5.74) is 0.944.